The normalized spacial score (nSPS) is 12.3. The molecule has 0 aliphatic carbocycles. The van der Waals surface area contributed by atoms with Crippen LogP contribution >= 0.6 is 11.6 Å². The maximum Gasteiger partial charge on any atom is 0.235 e. The molecule has 0 bridgehead atoms. The number of phenolic OH excluding ortho intramolecular Hbond substituents is 1. The highest BCUT2D eigenvalue weighted by Crippen LogP contribution is 2.44. The van der Waals surface area contributed by atoms with Crippen LogP contribution in [0.1, 0.15) is 5.56 Å². The van der Waals surface area contributed by atoms with Crippen LogP contribution in [0.3, 0.4) is 0 Å². The van der Waals surface area contributed by atoms with Gasteiger partial charge in [-0.2, -0.15) is 0 Å². The van der Waals surface area contributed by atoms with Gasteiger partial charge in [0.25, 0.3) is 0 Å². The number of phenols is 1. The van der Waals surface area contributed by atoms with E-state index in [1.165, 1.54) is 12.1 Å². The van der Waals surface area contributed by atoms with Crippen molar-refractivity contribution in [1.82, 2.24) is 0 Å². The Bertz CT molecular complexity index is 454. The lowest BCUT2D eigenvalue weighted by Crippen LogP contribution is -1.94. The molecule has 0 amide bonds. The molecule has 0 aromatic heterocycles. The van der Waals surface area contributed by atoms with Crippen molar-refractivity contribution in [2.75, 3.05) is 6.79 Å². The van der Waals surface area contributed by atoms with Crippen LogP contribution in [0.25, 0.3) is 0 Å². The second-order valence-corrected chi connectivity index (χ2v) is 3.23. The number of hydrogen-bond acceptors (Lipinski definition) is 5. The molecule has 1 heterocycles. The number of benzene rings is 1. The van der Waals surface area contributed by atoms with Gasteiger partial charge in [-0.25, -0.2) is 9.79 Å². The summed E-state index contributed by atoms with van der Waals surface area (Å²) in [6.45, 7) is 0.0223. The SMILES string of the molecule is O=C=NCc1c(O)c(Cl)cc2c1OCO2. The molecule has 6 heteroatoms. The second kappa shape index (κ2) is 3.81. The summed E-state index contributed by atoms with van der Waals surface area (Å²) in [5, 5.41) is 9.77. The summed E-state index contributed by atoms with van der Waals surface area (Å²) in [4.78, 5) is 13.4. The lowest BCUT2D eigenvalue weighted by molar-refractivity contribution is 0.173. The second-order valence-electron chi connectivity index (χ2n) is 2.83. The smallest absolute Gasteiger partial charge is 0.235 e. The monoisotopic (exact) mass is 227 g/mol. The van der Waals surface area contributed by atoms with Gasteiger partial charge >= 0.3 is 0 Å². The third kappa shape index (κ3) is 1.63. The first kappa shape index (κ1) is 9.83. The number of carbonyl (C=O) groups excluding carboxylic acids is 1. The number of aromatic hydroxyl groups is 1. The van der Waals surface area contributed by atoms with Gasteiger partial charge in [0.2, 0.25) is 12.9 Å². The first-order valence-corrected chi connectivity index (χ1v) is 4.45. The fourth-order valence-electron chi connectivity index (χ4n) is 1.32. The van der Waals surface area contributed by atoms with Crippen LogP contribution in [-0.4, -0.2) is 18.0 Å². The Hall–Kier alpha value is -1.71. The Morgan fingerprint density at radius 1 is 1.60 bits per heavy atom. The van der Waals surface area contributed by atoms with Gasteiger partial charge in [-0.3, -0.25) is 0 Å². The number of nitrogens with zero attached hydrogens (tertiary/aromatic N) is 1. The van der Waals surface area contributed by atoms with E-state index in [1.807, 2.05) is 0 Å². The minimum atomic E-state index is -0.153. The van der Waals surface area contributed by atoms with Crippen molar-refractivity contribution in [1.29, 1.82) is 0 Å². The zero-order valence-corrected chi connectivity index (χ0v) is 8.24. The average Bonchev–Trinajstić information content (AvgIpc) is 2.66. The van der Waals surface area contributed by atoms with Crippen molar-refractivity contribution in [3.63, 3.8) is 0 Å². The van der Waals surface area contributed by atoms with Gasteiger partial charge in [0, 0.05) is 6.07 Å². The van der Waals surface area contributed by atoms with E-state index < -0.39 is 0 Å². The number of aliphatic imine (C=N–C) groups is 1. The van der Waals surface area contributed by atoms with E-state index >= 15 is 0 Å². The van der Waals surface area contributed by atoms with Gasteiger partial charge in [-0.05, 0) is 0 Å². The van der Waals surface area contributed by atoms with E-state index in [4.69, 9.17) is 21.1 Å². The topological polar surface area (TPSA) is 68.1 Å². The first-order valence-electron chi connectivity index (χ1n) is 4.07. The Labute approximate surface area is 89.9 Å². The molecule has 1 aliphatic rings. The van der Waals surface area contributed by atoms with Crippen LogP contribution in [0.15, 0.2) is 11.1 Å². The Kier molecular flexibility index (Phi) is 2.49. The van der Waals surface area contributed by atoms with Crippen LogP contribution in [-0.2, 0) is 11.3 Å². The fourth-order valence-corrected chi connectivity index (χ4v) is 1.54. The van der Waals surface area contributed by atoms with E-state index in [1.54, 1.807) is 0 Å². The molecule has 5 nitrogen and oxygen atoms in total. The zero-order chi connectivity index (χ0) is 10.8. The predicted octanol–water partition coefficient (Wildman–Crippen LogP) is 1.61. The van der Waals surface area contributed by atoms with Gasteiger partial charge in [0.05, 0.1) is 17.1 Å². The van der Waals surface area contributed by atoms with E-state index in [2.05, 4.69) is 4.99 Å². The molecule has 0 unspecified atom stereocenters. The van der Waals surface area contributed by atoms with E-state index in [-0.39, 0.29) is 24.1 Å². The maximum absolute atomic E-state index is 10.00. The van der Waals surface area contributed by atoms with Crippen LogP contribution in [0.5, 0.6) is 17.2 Å². The van der Waals surface area contributed by atoms with E-state index in [0.717, 1.165) is 0 Å². The molecule has 0 fully saturated rings. The maximum atomic E-state index is 10.00. The lowest BCUT2D eigenvalue weighted by atomic mass is 10.1. The Morgan fingerprint density at radius 2 is 2.40 bits per heavy atom. The number of isocyanates is 1. The summed E-state index contributed by atoms with van der Waals surface area (Å²) in [7, 11) is 0. The standard InChI is InChI=1S/C9H6ClNO4/c10-6-1-7-9(15-4-14-7)5(8(6)13)2-11-3-12/h1,13H,2,4H2. The zero-order valence-electron chi connectivity index (χ0n) is 7.49. The predicted molar refractivity (Wildman–Crippen MR) is 51.1 cm³/mol. The molecule has 1 N–H and O–H groups in total. The third-order valence-electron chi connectivity index (χ3n) is 1.99. The summed E-state index contributed by atoms with van der Waals surface area (Å²) in [5.74, 6) is 0.657. The molecule has 78 valence electrons. The highest BCUT2D eigenvalue weighted by atomic mass is 35.5. The minimum Gasteiger partial charge on any atom is -0.506 e. The van der Waals surface area contributed by atoms with Crippen molar-refractivity contribution < 1.29 is 19.4 Å². The number of halogens is 1. The van der Waals surface area contributed by atoms with Crippen molar-refractivity contribution in [3.05, 3.63) is 16.7 Å². The van der Waals surface area contributed by atoms with Crippen LogP contribution in [0, 0.1) is 0 Å². The number of fused-ring (bicyclic) bond motifs is 1. The number of ether oxygens (including phenoxy) is 2. The molecule has 1 aromatic carbocycles. The molecule has 0 saturated heterocycles. The summed E-state index contributed by atoms with van der Waals surface area (Å²) < 4.78 is 10.2. The van der Waals surface area contributed by atoms with Crippen LogP contribution in [0.4, 0.5) is 0 Å². The molecular formula is C9H6ClNO4. The van der Waals surface area contributed by atoms with Crippen LogP contribution < -0.4 is 9.47 Å². The highest BCUT2D eigenvalue weighted by molar-refractivity contribution is 6.32. The summed E-state index contributed by atoms with van der Waals surface area (Å²) in [6.07, 6.45) is 1.38. The first-order chi connectivity index (χ1) is 7.24. The number of rotatable bonds is 2. The van der Waals surface area contributed by atoms with Crippen molar-refractivity contribution in [3.8, 4) is 17.2 Å². The van der Waals surface area contributed by atoms with Gasteiger partial charge in [0.1, 0.15) is 5.75 Å². The largest absolute Gasteiger partial charge is 0.506 e. The quantitative estimate of drug-likeness (QED) is 0.616. The minimum absolute atomic E-state index is 0.0401. The summed E-state index contributed by atoms with van der Waals surface area (Å²) >= 11 is 5.75. The van der Waals surface area contributed by atoms with Crippen molar-refractivity contribution >= 4 is 17.7 Å². The van der Waals surface area contributed by atoms with Gasteiger partial charge in [0.15, 0.2) is 11.5 Å². The Balaban J connectivity index is 2.54. The molecule has 2 rings (SSSR count). The molecule has 0 radical (unpaired) electrons. The molecule has 0 atom stereocenters. The molecule has 0 saturated carbocycles. The lowest BCUT2D eigenvalue weighted by Gasteiger charge is -2.06. The molecule has 15 heavy (non-hydrogen) atoms. The molecular weight excluding hydrogens is 222 g/mol. The third-order valence-corrected chi connectivity index (χ3v) is 2.28. The molecule has 0 spiro atoms. The van der Waals surface area contributed by atoms with Crippen molar-refractivity contribution in [2.24, 2.45) is 4.99 Å². The molecule has 1 aliphatic heterocycles. The van der Waals surface area contributed by atoms with Gasteiger partial charge in [-0.15, -0.1) is 0 Å². The summed E-state index contributed by atoms with van der Waals surface area (Å²) in [5.41, 5.74) is 0.332. The Morgan fingerprint density at radius 3 is 3.13 bits per heavy atom. The van der Waals surface area contributed by atoms with Gasteiger partial charge < -0.3 is 14.6 Å². The number of hydrogen-bond donors (Lipinski definition) is 1. The van der Waals surface area contributed by atoms with Crippen LogP contribution in [0.2, 0.25) is 5.02 Å². The van der Waals surface area contributed by atoms with Gasteiger partial charge in [-0.1, -0.05) is 11.6 Å². The van der Waals surface area contributed by atoms with Crippen molar-refractivity contribution in [2.45, 2.75) is 6.54 Å². The summed E-state index contributed by atoms with van der Waals surface area (Å²) in [6, 6.07) is 1.45. The van der Waals surface area contributed by atoms with E-state index in [0.29, 0.717) is 17.1 Å². The van der Waals surface area contributed by atoms with E-state index in [9.17, 15) is 9.90 Å². The molecule has 1 aromatic rings. The highest BCUT2D eigenvalue weighted by Gasteiger charge is 2.23. The average molecular weight is 228 g/mol. The fraction of sp³-hybridized carbons (Fsp3) is 0.222.